The van der Waals surface area contributed by atoms with E-state index in [2.05, 4.69) is 0 Å². The molecular formula is C15H21N3O2. The molecule has 1 aliphatic rings. The van der Waals surface area contributed by atoms with Gasteiger partial charge in [-0.2, -0.15) is 0 Å². The Morgan fingerprint density at radius 3 is 2.70 bits per heavy atom. The van der Waals surface area contributed by atoms with Gasteiger partial charge in [0, 0.05) is 24.2 Å². The molecule has 0 fully saturated rings. The lowest BCUT2D eigenvalue weighted by Gasteiger charge is -2.25. The van der Waals surface area contributed by atoms with Crippen molar-refractivity contribution in [2.75, 3.05) is 11.9 Å². The quantitative estimate of drug-likeness (QED) is 0.862. The molecule has 0 saturated heterocycles. The number of hydrogen-bond donors (Lipinski definition) is 2. The zero-order valence-electron chi connectivity index (χ0n) is 12.1. The first-order chi connectivity index (χ1) is 9.22. The molecule has 108 valence electrons. The summed E-state index contributed by atoms with van der Waals surface area (Å²) in [6.45, 7) is 3.58. The Morgan fingerprint density at radius 1 is 1.45 bits per heavy atom. The van der Waals surface area contributed by atoms with Crippen LogP contribution in [0.25, 0.3) is 0 Å². The Labute approximate surface area is 118 Å². The van der Waals surface area contributed by atoms with E-state index in [1.165, 1.54) is 0 Å². The SMILES string of the molecule is CN1C(=O)Cc2cc(C(N)CC(C)(C)C(N)=O)ccc21. The summed E-state index contributed by atoms with van der Waals surface area (Å²) < 4.78 is 0. The molecule has 1 aromatic carbocycles. The van der Waals surface area contributed by atoms with Crippen LogP contribution in [0.1, 0.15) is 37.4 Å². The van der Waals surface area contributed by atoms with Crippen molar-refractivity contribution in [2.24, 2.45) is 16.9 Å². The molecule has 1 unspecified atom stereocenters. The number of nitrogens with two attached hydrogens (primary N) is 2. The van der Waals surface area contributed by atoms with Gasteiger partial charge in [-0.05, 0) is 23.6 Å². The summed E-state index contributed by atoms with van der Waals surface area (Å²) >= 11 is 0. The fourth-order valence-electron chi connectivity index (χ4n) is 2.49. The summed E-state index contributed by atoms with van der Waals surface area (Å²) in [5.41, 5.74) is 13.8. The second-order valence-electron chi connectivity index (χ2n) is 6.08. The van der Waals surface area contributed by atoms with Gasteiger partial charge in [0.1, 0.15) is 0 Å². The van der Waals surface area contributed by atoms with Crippen molar-refractivity contribution < 1.29 is 9.59 Å². The summed E-state index contributed by atoms with van der Waals surface area (Å²) in [6.07, 6.45) is 0.885. The number of fused-ring (bicyclic) bond motifs is 1. The van der Waals surface area contributed by atoms with E-state index in [1.54, 1.807) is 25.8 Å². The molecule has 1 heterocycles. The number of carbonyl (C=O) groups excluding carboxylic acids is 2. The summed E-state index contributed by atoms with van der Waals surface area (Å²) in [7, 11) is 1.77. The lowest BCUT2D eigenvalue weighted by atomic mass is 9.83. The fourth-order valence-corrected chi connectivity index (χ4v) is 2.49. The largest absolute Gasteiger partial charge is 0.369 e. The minimum absolute atomic E-state index is 0.0863. The average molecular weight is 275 g/mol. The minimum Gasteiger partial charge on any atom is -0.369 e. The van der Waals surface area contributed by atoms with Crippen molar-refractivity contribution in [1.82, 2.24) is 0 Å². The number of anilines is 1. The van der Waals surface area contributed by atoms with Crippen LogP contribution in [-0.2, 0) is 16.0 Å². The van der Waals surface area contributed by atoms with Crippen LogP contribution in [0.2, 0.25) is 0 Å². The fraction of sp³-hybridized carbons (Fsp3) is 0.467. The van der Waals surface area contributed by atoms with Crippen molar-refractivity contribution in [3.05, 3.63) is 29.3 Å². The van der Waals surface area contributed by atoms with Crippen LogP contribution in [-0.4, -0.2) is 18.9 Å². The normalized spacial score (nSPS) is 16.2. The van der Waals surface area contributed by atoms with Gasteiger partial charge in [0.15, 0.2) is 0 Å². The molecule has 1 aliphatic heterocycles. The predicted octanol–water partition coefficient (Wildman–Crippen LogP) is 1.11. The Kier molecular flexibility index (Phi) is 3.56. The van der Waals surface area contributed by atoms with Crippen molar-refractivity contribution in [3.8, 4) is 0 Å². The highest BCUT2D eigenvalue weighted by molar-refractivity contribution is 6.00. The molecule has 0 spiro atoms. The average Bonchev–Trinajstić information content (AvgIpc) is 2.64. The first kappa shape index (κ1) is 14.5. The predicted molar refractivity (Wildman–Crippen MR) is 78.1 cm³/mol. The lowest BCUT2D eigenvalue weighted by Crippen LogP contribution is -2.34. The maximum atomic E-state index is 11.7. The number of benzene rings is 1. The lowest BCUT2D eigenvalue weighted by molar-refractivity contribution is -0.126. The summed E-state index contributed by atoms with van der Waals surface area (Å²) in [4.78, 5) is 24.7. The maximum Gasteiger partial charge on any atom is 0.231 e. The molecule has 0 saturated carbocycles. The van der Waals surface area contributed by atoms with Gasteiger partial charge < -0.3 is 16.4 Å². The molecule has 1 atom stereocenters. The third-order valence-electron chi connectivity index (χ3n) is 4.01. The van der Waals surface area contributed by atoms with Crippen molar-refractivity contribution >= 4 is 17.5 Å². The van der Waals surface area contributed by atoms with Gasteiger partial charge in [-0.25, -0.2) is 0 Å². The van der Waals surface area contributed by atoms with Crippen LogP contribution in [0.5, 0.6) is 0 Å². The molecule has 0 radical (unpaired) electrons. The monoisotopic (exact) mass is 275 g/mol. The van der Waals surface area contributed by atoms with Crippen LogP contribution >= 0.6 is 0 Å². The van der Waals surface area contributed by atoms with Crippen LogP contribution in [0, 0.1) is 5.41 Å². The van der Waals surface area contributed by atoms with Gasteiger partial charge in [-0.15, -0.1) is 0 Å². The van der Waals surface area contributed by atoms with E-state index in [-0.39, 0.29) is 17.9 Å². The number of nitrogens with zero attached hydrogens (tertiary/aromatic N) is 1. The number of amides is 2. The topological polar surface area (TPSA) is 89.4 Å². The third kappa shape index (κ3) is 2.54. The maximum absolute atomic E-state index is 11.7. The van der Waals surface area contributed by atoms with Crippen LogP contribution in [0.4, 0.5) is 5.69 Å². The molecule has 20 heavy (non-hydrogen) atoms. The summed E-state index contributed by atoms with van der Waals surface area (Å²) in [6, 6.07) is 5.50. The van der Waals surface area contributed by atoms with Gasteiger partial charge in [0.05, 0.1) is 6.42 Å². The number of primary amides is 1. The second-order valence-corrected chi connectivity index (χ2v) is 6.08. The van der Waals surface area contributed by atoms with Crippen LogP contribution in [0.15, 0.2) is 18.2 Å². The highest BCUT2D eigenvalue weighted by atomic mass is 16.2. The van der Waals surface area contributed by atoms with E-state index in [4.69, 9.17) is 11.5 Å². The molecular weight excluding hydrogens is 254 g/mol. The van der Waals surface area contributed by atoms with E-state index in [1.807, 2.05) is 18.2 Å². The molecule has 0 bridgehead atoms. The van der Waals surface area contributed by atoms with Crippen molar-refractivity contribution in [2.45, 2.75) is 32.7 Å². The molecule has 2 amide bonds. The summed E-state index contributed by atoms with van der Waals surface area (Å²) in [5.74, 6) is -0.271. The van der Waals surface area contributed by atoms with Gasteiger partial charge in [-0.1, -0.05) is 26.0 Å². The minimum atomic E-state index is -0.648. The molecule has 1 aromatic rings. The highest BCUT2D eigenvalue weighted by Gasteiger charge is 2.29. The van der Waals surface area contributed by atoms with Gasteiger partial charge >= 0.3 is 0 Å². The Hall–Kier alpha value is -1.88. The second kappa shape index (κ2) is 4.90. The molecule has 4 N–H and O–H groups in total. The summed E-state index contributed by atoms with van der Waals surface area (Å²) in [5, 5.41) is 0. The van der Waals surface area contributed by atoms with E-state index in [0.29, 0.717) is 12.8 Å². The van der Waals surface area contributed by atoms with Crippen LogP contribution in [0.3, 0.4) is 0 Å². The smallest absolute Gasteiger partial charge is 0.231 e. The number of carbonyl (C=O) groups is 2. The Balaban J connectivity index is 2.21. The highest BCUT2D eigenvalue weighted by Crippen LogP contribution is 2.33. The first-order valence-electron chi connectivity index (χ1n) is 6.67. The first-order valence-corrected chi connectivity index (χ1v) is 6.67. The van der Waals surface area contributed by atoms with E-state index >= 15 is 0 Å². The molecule has 5 nitrogen and oxygen atoms in total. The number of rotatable bonds is 4. The van der Waals surface area contributed by atoms with Crippen LogP contribution < -0.4 is 16.4 Å². The zero-order valence-corrected chi connectivity index (χ0v) is 12.1. The Bertz CT molecular complexity index is 566. The Morgan fingerprint density at radius 2 is 2.10 bits per heavy atom. The zero-order chi connectivity index (χ0) is 15.1. The van der Waals surface area contributed by atoms with E-state index in [0.717, 1.165) is 16.8 Å². The van der Waals surface area contributed by atoms with E-state index < -0.39 is 5.41 Å². The van der Waals surface area contributed by atoms with E-state index in [9.17, 15) is 9.59 Å². The number of hydrogen-bond acceptors (Lipinski definition) is 3. The molecule has 0 aliphatic carbocycles. The third-order valence-corrected chi connectivity index (χ3v) is 4.01. The molecule has 0 aromatic heterocycles. The van der Waals surface area contributed by atoms with Gasteiger partial charge in [0.25, 0.3) is 0 Å². The van der Waals surface area contributed by atoms with Gasteiger partial charge in [0.2, 0.25) is 11.8 Å². The molecule has 5 heteroatoms. The van der Waals surface area contributed by atoms with Gasteiger partial charge in [-0.3, -0.25) is 9.59 Å². The van der Waals surface area contributed by atoms with Crippen molar-refractivity contribution in [1.29, 1.82) is 0 Å². The van der Waals surface area contributed by atoms with Crippen molar-refractivity contribution in [3.63, 3.8) is 0 Å². The standard InChI is InChI=1S/C15H21N3O2/c1-15(2,14(17)20)8-11(16)9-4-5-12-10(6-9)7-13(19)18(12)3/h4-6,11H,7-8,16H2,1-3H3,(H2,17,20). The number of likely N-dealkylation sites (N-methyl/N-ethyl adjacent to an activating group) is 1. The molecule has 2 rings (SSSR count).